The van der Waals surface area contributed by atoms with Crippen LogP contribution in [0.15, 0.2) is 0 Å². The van der Waals surface area contributed by atoms with E-state index in [1.165, 1.54) is 135 Å². The first-order chi connectivity index (χ1) is 25.2. The van der Waals surface area contributed by atoms with Crippen molar-refractivity contribution in [3.05, 3.63) is 0 Å². The Morgan fingerprint density at radius 2 is 0.635 bits per heavy atom. The van der Waals surface area contributed by atoms with Crippen LogP contribution in [0.3, 0.4) is 0 Å². The first kappa shape index (κ1) is 50.4. The van der Waals surface area contributed by atoms with Crippen LogP contribution >= 0.6 is 0 Å². The lowest BCUT2D eigenvalue weighted by molar-refractivity contribution is -0.167. The summed E-state index contributed by atoms with van der Waals surface area (Å²) in [6, 6.07) is 0. The van der Waals surface area contributed by atoms with Crippen molar-refractivity contribution in [3.8, 4) is 0 Å². The van der Waals surface area contributed by atoms with Crippen molar-refractivity contribution in [1.82, 2.24) is 0 Å². The highest BCUT2D eigenvalue weighted by atomic mass is 16.6. The fourth-order valence-electron chi connectivity index (χ4n) is 6.75. The molecule has 0 spiro atoms. The molecule has 0 heterocycles. The summed E-state index contributed by atoms with van der Waals surface area (Å²) in [4.78, 5) is 37.6. The molecule has 52 heavy (non-hydrogen) atoms. The predicted molar refractivity (Wildman–Crippen MR) is 220 cm³/mol. The van der Waals surface area contributed by atoms with Crippen LogP contribution in [0.2, 0.25) is 0 Å². The number of rotatable bonds is 40. The largest absolute Gasteiger partial charge is 0.462 e. The molecular formula is C46H88O6. The summed E-state index contributed by atoms with van der Waals surface area (Å²) in [5.41, 5.74) is 0. The molecule has 0 radical (unpaired) electrons. The van der Waals surface area contributed by atoms with Gasteiger partial charge >= 0.3 is 17.9 Å². The van der Waals surface area contributed by atoms with Crippen molar-refractivity contribution in [2.24, 2.45) is 11.8 Å². The van der Waals surface area contributed by atoms with Crippen molar-refractivity contribution in [1.29, 1.82) is 0 Å². The van der Waals surface area contributed by atoms with E-state index in [0.29, 0.717) is 19.3 Å². The third-order valence-electron chi connectivity index (χ3n) is 10.2. The number of unbranched alkanes of at least 4 members (excludes halogenated alkanes) is 25. The molecule has 0 aromatic rings. The highest BCUT2D eigenvalue weighted by molar-refractivity contribution is 5.71. The molecule has 0 N–H and O–H groups in total. The SMILES string of the molecule is CCCCCCCCCC(=O)O[C@@H](COC(=O)CCCCCCCCCCCCCCCC(C)C)COC(=O)CCCCCCCCCCC(C)C. The molecule has 0 rings (SSSR count). The van der Waals surface area contributed by atoms with E-state index in [9.17, 15) is 14.4 Å². The van der Waals surface area contributed by atoms with Gasteiger partial charge in [0.1, 0.15) is 13.2 Å². The average molecular weight is 737 g/mol. The molecular weight excluding hydrogens is 649 g/mol. The van der Waals surface area contributed by atoms with Crippen LogP contribution in [0.5, 0.6) is 0 Å². The molecule has 0 aliphatic carbocycles. The predicted octanol–water partition coefficient (Wildman–Crippen LogP) is 14.2. The molecule has 0 aliphatic heterocycles. The minimum Gasteiger partial charge on any atom is -0.462 e. The first-order valence-electron chi connectivity index (χ1n) is 22.7. The van der Waals surface area contributed by atoms with Crippen LogP contribution < -0.4 is 0 Å². The molecule has 0 aliphatic rings. The number of carbonyl (C=O) groups excluding carboxylic acids is 3. The van der Waals surface area contributed by atoms with E-state index >= 15 is 0 Å². The Balaban J connectivity index is 4.21. The van der Waals surface area contributed by atoms with E-state index in [1.54, 1.807) is 0 Å². The molecule has 0 amide bonds. The normalized spacial score (nSPS) is 12.1. The summed E-state index contributed by atoms with van der Waals surface area (Å²) in [5.74, 6) is 0.771. The minimum atomic E-state index is -0.759. The van der Waals surface area contributed by atoms with Crippen molar-refractivity contribution in [2.75, 3.05) is 13.2 Å². The Morgan fingerprint density at radius 3 is 0.942 bits per heavy atom. The molecule has 1 atom stereocenters. The Hall–Kier alpha value is -1.59. The molecule has 0 unspecified atom stereocenters. The van der Waals surface area contributed by atoms with E-state index in [1.807, 2.05) is 0 Å². The summed E-state index contributed by atoms with van der Waals surface area (Å²) in [5, 5.41) is 0. The van der Waals surface area contributed by atoms with Gasteiger partial charge in [-0.25, -0.2) is 0 Å². The monoisotopic (exact) mass is 737 g/mol. The van der Waals surface area contributed by atoms with Gasteiger partial charge in [0.25, 0.3) is 0 Å². The zero-order valence-corrected chi connectivity index (χ0v) is 35.4. The van der Waals surface area contributed by atoms with Crippen LogP contribution in [0.4, 0.5) is 0 Å². The molecule has 0 aromatic heterocycles. The van der Waals surface area contributed by atoms with Gasteiger partial charge in [-0.3, -0.25) is 14.4 Å². The quantitative estimate of drug-likeness (QED) is 0.0354. The summed E-state index contributed by atoms with van der Waals surface area (Å²) in [6.07, 6.45) is 36.8. The van der Waals surface area contributed by atoms with E-state index < -0.39 is 6.10 Å². The zero-order valence-electron chi connectivity index (χ0n) is 35.4. The lowest BCUT2D eigenvalue weighted by atomic mass is 10.0. The average Bonchev–Trinajstić information content (AvgIpc) is 3.11. The van der Waals surface area contributed by atoms with E-state index in [2.05, 4.69) is 34.6 Å². The second-order valence-electron chi connectivity index (χ2n) is 16.6. The van der Waals surface area contributed by atoms with Gasteiger partial charge in [0.15, 0.2) is 6.10 Å². The summed E-state index contributed by atoms with van der Waals surface area (Å²) in [6.45, 7) is 11.3. The van der Waals surface area contributed by atoms with Crippen LogP contribution in [0.25, 0.3) is 0 Å². The van der Waals surface area contributed by atoms with E-state index in [4.69, 9.17) is 14.2 Å². The fraction of sp³-hybridized carbons (Fsp3) is 0.935. The van der Waals surface area contributed by atoms with Crippen molar-refractivity contribution in [3.63, 3.8) is 0 Å². The standard InChI is InChI=1S/C46H88O6/c1-6-7-8-9-19-28-33-38-46(49)52-43(40-51-45(48)37-32-27-23-18-17-21-25-30-35-42(4)5)39-50-44(47)36-31-26-22-16-14-12-10-11-13-15-20-24-29-34-41(2)3/h41-43H,6-40H2,1-5H3/t43-/m0/s1. The van der Waals surface area contributed by atoms with Crippen LogP contribution in [-0.4, -0.2) is 37.2 Å². The summed E-state index contributed by atoms with van der Waals surface area (Å²) >= 11 is 0. The second kappa shape index (κ2) is 39.1. The molecule has 0 saturated carbocycles. The van der Waals surface area contributed by atoms with Gasteiger partial charge in [0.2, 0.25) is 0 Å². The number of carbonyl (C=O) groups is 3. The molecule has 0 bridgehead atoms. The third kappa shape index (κ3) is 39.6. The summed E-state index contributed by atoms with van der Waals surface area (Å²) < 4.78 is 16.7. The lowest BCUT2D eigenvalue weighted by Gasteiger charge is -2.18. The molecule has 0 saturated heterocycles. The Bertz CT molecular complexity index is 794. The van der Waals surface area contributed by atoms with Crippen LogP contribution in [0.1, 0.15) is 247 Å². The molecule has 6 heteroatoms. The van der Waals surface area contributed by atoms with E-state index in [-0.39, 0.29) is 31.1 Å². The number of esters is 3. The molecule has 308 valence electrons. The first-order valence-corrected chi connectivity index (χ1v) is 22.7. The smallest absolute Gasteiger partial charge is 0.306 e. The van der Waals surface area contributed by atoms with Crippen LogP contribution in [-0.2, 0) is 28.6 Å². The third-order valence-corrected chi connectivity index (χ3v) is 10.2. The number of hydrogen-bond acceptors (Lipinski definition) is 6. The zero-order chi connectivity index (χ0) is 38.3. The van der Waals surface area contributed by atoms with Gasteiger partial charge < -0.3 is 14.2 Å². The second-order valence-corrected chi connectivity index (χ2v) is 16.6. The summed E-state index contributed by atoms with van der Waals surface area (Å²) in [7, 11) is 0. The maximum atomic E-state index is 12.6. The van der Waals surface area contributed by atoms with Gasteiger partial charge in [-0.2, -0.15) is 0 Å². The van der Waals surface area contributed by atoms with Gasteiger partial charge in [-0.15, -0.1) is 0 Å². The molecule has 0 aromatic carbocycles. The van der Waals surface area contributed by atoms with Crippen molar-refractivity contribution >= 4 is 17.9 Å². The fourth-order valence-corrected chi connectivity index (χ4v) is 6.75. The Labute approximate surface area is 323 Å². The van der Waals surface area contributed by atoms with Gasteiger partial charge in [-0.05, 0) is 31.1 Å². The minimum absolute atomic E-state index is 0.0655. The van der Waals surface area contributed by atoms with Gasteiger partial charge in [0, 0.05) is 19.3 Å². The molecule has 0 fully saturated rings. The van der Waals surface area contributed by atoms with Crippen molar-refractivity contribution in [2.45, 2.75) is 253 Å². The maximum absolute atomic E-state index is 12.6. The van der Waals surface area contributed by atoms with E-state index in [0.717, 1.165) is 69.6 Å². The lowest BCUT2D eigenvalue weighted by Crippen LogP contribution is -2.30. The van der Waals surface area contributed by atoms with Crippen LogP contribution in [0, 0.1) is 11.8 Å². The highest BCUT2D eigenvalue weighted by Crippen LogP contribution is 2.16. The number of ether oxygens (including phenoxy) is 3. The van der Waals surface area contributed by atoms with Gasteiger partial charge in [-0.1, -0.05) is 208 Å². The Morgan fingerprint density at radius 1 is 0.365 bits per heavy atom. The Kier molecular flexibility index (Phi) is 37.9. The van der Waals surface area contributed by atoms with Gasteiger partial charge in [0.05, 0.1) is 0 Å². The highest BCUT2D eigenvalue weighted by Gasteiger charge is 2.19. The van der Waals surface area contributed by atoms with Crippen molar-refractivity contribution < 1.29 is 28.6 Å². The maximum Gasteiger partial charge on any atom is 0.306 e. The number of hydrogen-bond donors (Lipinski definition) is 0. The molecule has 6 nitrogen and oxygen atoms in total. The topological polar surface area (TPSA) is 78.9 Å².